The summed E-state index contributed by atoms with van der Waals surface area (Å²) in [7, 11) is 0. The van der Waals surface area contributed by atoms with E-state index in [0.29, 0.717) is 4.88 Å². The van der Waals surface area contributed by atoms with E-state index in [2.05, 4.69) is 0 Å². The van der Waals surface area contributed by atoms with Crippen LogP contribution in [0.15, 0.2) is 11.4 Å². The van der Waals surface area contributed by atoms with Gasteiger partial charge in [0.2, 0.25) is 0 Å². The Morgan fingerprint density at radius 3 is 2.25 bits per heavy atom. The van der Waals surface area contributed by atoms with Gasteiger partial charge in [0.1, 0.15) is 0 Å². The first-order valence-electron chi connectivity index (χ1n) is 2.92. The Balaban J connectivity index is 0.00000121. The quantitative estimate of drug-likeness (QED) is 0.589. The molecule has 1 aromatic rings. The van der Waals surface area contributed by atoms with Gasteiger partial charge in [-0.2, -0.15) is 0 Å². The van der Waals surface area contributed by atoms with Gasteiger partial charge in [0.15, 0.2) is 0 Å². The van der Waals surface area contributed by atoms with E-state index in [1.165, 1.54) is 0 Å². The van der Waals surface area contributed by atoms with Gasteiger partial charge in [0.25, 0.3) is 0 Å². The SMILES string of the molecule is OCc1cc([B-](F)(F)F)cs1.[K+]. The van der Waals surface area contributed by atoms with Crippen molar-refractivity contribution in [2.45, 2.75) is 6.61 Å². The molecule has 12 heavy (non-hydrogen) atoms. The topological polar surface area (TPSA) is 20.2 Å². The average molecular weight is 220 g/mol. The molecule has 0 saturated heterocycles. The molecule has 0 bridgehead atoms. The molecule has 1 heterocycles. The average Bonchev–Trinajstić information content (AvgIpc) is 2.32. The fourth-order valence-corrected chi connectivity index (χ4v) is 1.44. The molecule has 0 saturated carbocycles. The molecule has 0 unspecified atom stereocenters. The smallest absolute Gasteiger partial charge is 0.445 e. The second kappa shape index (κ2) is 5.14. The summed E-state index contributed by atoms with van der Waals surface area (Å²) < 4.78 is 35.8. The number of aliphatic hydroxyl groups is 1. The van der Waals surface area contributed by atoms with E-state index in [4.69, 9.17) is 5.11 Å². The van der Waals surface area contributed by atoms with Crippen molar-refractivity contribution in [2.24, 2.45) is 0 Å². The van der Waals surface area contributed by atoms with Crippen molar-refractivity contribution in [1.29, 1.82) is 0 Å². The van der Waals surface area contributed by atoms with Crippen LogP contribution in [0.4, 0.5) is 12.9 Å². The second-order valence-corrected chi connectivity index (χ2v) is 3.08. The van der Waals surface area contributed by atoms with Crippen molar-refractivity contribution in [3.8, 4) is 0 Å². The maximum atomic E-state index is 11.9. The normalized spacial score (nSPS) is 11.0. The van der Waals surface area contributed by atoms with Gasteiger partial charge in [0, 0.05) is 4.88 Å². The molecule has 0 atom stereocenters. The van der Waals surface area contributed by atoms with Crippen molar-refractivity contribution in [1.82, 2.24) is 0 Å². The molecule has 0 fully saturated rings. The molecule has 0 amide bonds. The third-order valence-corrected chi connectivity index (χ3v) is 2.15. The molecule has 0 radical (unpaired) electrons. The van der Waals surface area contributed by atoms with Crippen molar-refractivity contribution < 1.29 is 69.4 Å². The van der Waals surface area contributed by atoms with Gasteiger partial charge in [-0.3, -0.25) is 0 Å². The van der Waals surface area contributed by atoms with Gasteiger partial charge in [-0.15, -0.1) is 11.3 Å². The summed E-state index contributed by atoms with van der Waals surface area (Å²) >= 11 is 0.922. The van der Waals surface area contributed by atoms with Crippen LogP contribution in [-0.2, 0) is 6.61 Å². The van der Waals surface area contributed by atoms with Crippen molar-refractivity contribution >= 4 is 23.8 Å². The molecule has 1 N–H and O–H groups in total. The molecular formula is C5H5BF3KOS. The molecule has 0 aliphatic carbocycles. The number of halogens is 3. The summed E-state index contributed by atoms with van der Waals surface area (Å²) in [5.74, 6) is 0. The van der Waals surface area contributed by atoms with Crippen LogP contribution < -0.4 is 56.8 Å². The number of rotatable bonds is 2. The zero-order valence-corrected chi connectivity index (χ0v) is 10.4. The summed E-state index contributed by atoms with van der Waals surface area (Å²) in [5, 5.41) is 9.49. The Morgan fingerprint density at radius 1 is 1.42 bits per heavy atom. The zero-order valence-electron chi connectivity index (χ0n) is 6.43. The Bertz CT molecular complexity index is 249. The first kappa shape index (κ1) is 13.2. The molecule has 1 rings (SSSR count). The Morgan fingerprint density at radius 2 is 2.00 bits per heavy atom. The molecule has 1 aromatic heterocycles. The van der Waals surface area contributed by atoms with E-state index in [0.717, 1.165) is 22.8 Å². The minimum atomic E-state index is -4.89. The Kier molecular flexibility index (Phi) is 5.63. The van der Waals surface area contributed by atoms with Crippen LogP contribution >= 0.6 is 11.3 Å². The van der Waals surface area contributed by atoms with E-state index in [9.17, 15) is 12.9 Å². The third-order valence-electron chi connectivity index (χ3n) is 1.21. The van der Waals surface area contributed by atoms with Gasteiger partial charge in [-0.05, 0) is 5.38 Å². The van der Waals surface area contributed by atoms with Gasteiger partial charge < -0.3 is 18.1 Å². The van der Waals surface area contributed by atoms with E-state index in [1.54, 1.807) is 0 Å². The van der Waals surface area contributed by atoms with Crippen LogP contribution in [0.1, 0.15) is 4.88 Å². The summed E-state index contributed by atoms with van der Waals surface area (Å²) in [5.41, 5.74) is -0.626. The van der Waals surface area contributed by atoms with Gasteiger partial charge >= 0.3 is 58.4 Å². The molecule has 0 spiro atoms. The van der Waals surface area contributed by atoms with Crippen LogP contribution in [-0.4, -0.2) is 12.1 Å². The summed E-state index contributed by atoms with van der Waals surface area (Å²) in [4.78, 5) is 0.346. The molecule has 1 nitrogen and oxygen atoms in total. The van der Waals surface area contributed by atoms with Gasteiger partial charge in [0.05, 0.1) is 6.61 Å². The zero-order chi connectivity index (χ0) is 8.48. The monoisotopic (exact) mass is 220 g/mol. The number of aliphatic hydroxyl groups excluding tert-OH is 1. The predicted octanol–water partition coefficient (Wildman–Crippen LogP) is -1.70. The minimum absolute atomic E-state index is 0. The maximum Gasteiger partial charge on any atom is 1.00 e. The first-order chi connectivity index (χ1) is 5.04. The van der Waals surface area contributed by atoms with Crippen LogP contribution in [0.3, 0.4) is 0 Å². The van der Waals surface area contributed by atoms with E-state index < -0.39 is 12.4 Å². The van der Waals surface area contributed by atoms with Crippen molar-refractivity contribution in [2.75, 3.05) is 0 Å². The molecule has 0 aliphatic heterocycles. The third kappa shape index (κ3) is 3.49. The van der Waals surface area contributed by atoms with Crippen molar-refractivity contribution in [3.05, 3.63) is 16.3 Å². The number of thiophene rings is 1. The predicted molar refractivity (Wildman–Crippen MR) is 39.0 cm³/mol. The van der Waals surface area contributed by atoms with E-state index in [-0.39, 0.29) is 58.0 Å². The van der Waals surface area contributed by atoms with Gasteiger partial charge in [-0.25, -0.2) is 0 Å². The minimum Gasteiger partial charge on any atom is -0.445 e. The summed E-state index contributed by atoms with van der Waals surface area (Å²) in [6, 6.07) is 0.977. The van der Waals surface area contributed by atoms with Crippen LogP contribution in [0.5, 0.6) is 0 Å². The Hall–Kier alpha value is 1.15. The molecule has 0 aliphatic rings. The molecule has 0 aromatic carbocycles. The number of hydrogen-bond donors (Lipinski definition) is 1. The standard InChI is InChI=1S/C5H5BF3OS.K/c7-6(8,9)4-1-5(2-10)11-3-4;/h1,3,10H,2H2;/q-1;+1. The molecule has 7 heteroatoms. The number of hydrogen-bond acceptors (Lipinski definition) is 2. The molecular weight excluding hydrogens is 215 g/mol. The van der Waals surface area contributed by atoms with Crippen LogP contribution in [0.2, 0.25) is 0 Å². The van der Waals surface area contributed by atoms with E-state index in [1.807, 2.05) is 0 Å². The Labute approximate surface area is 114 Å². The summed E-state index contributed by atoms with van der Waals surface area (Å²) in [6.07, 6.45) is 0. The van der Waals surface area contributed by atoms with Crippen LogP contribution in [0, 0.1) is 0 Å². The molecule has 62 valence electrons. The fraction of sp³-hybridized carbons (Fsp3) is 0.200. The maximum absolute atomic E-state index is 11.9. The van der Waals surface area contributed by atoms with Gasteiger partial charge in [-0.1, -0.05) is 11.5 Å². The second-order valence-electron chi connectivity index (χ2n) is 2.08. The van der Waals surface area contributed by atoms with E-state index >= 15 is 0 Å². The van der Waals surface area contributed by atoms with Crippen LogP contribution in [0.25, 0.3) is 0 Å². The largest absolute Gasteiger partial charge is 1.00 e. The fourth-order valence-electron chi connectivity index (χ4n) is 0.652. The first-order valence-corrected chi connectivity index (χ1v) is 3.80. The summed E-state index contributed by atoms with van der Waals surface area (Å²) in [6.45, 7) is -5.21. The van der Waals surface area contributed by atoms with Crippen molar-refractivity contribution in [3.63, 3.8) is 0 Å².